The highest BCUT2D eigenvalue weighted by molar-refractivity contribution is 7.97. The van der Waals surface area contributed by atoms with Gasteiger partial charge in [-0.3, -0.25) is 4.31 Å². The first-order valence-electron chi connectivity index (χ1n) is 5.19. The standard InChI is InChI=1S/C11H13F3N2OS/c1-3-18-16(2)10(17)15-9-6-4-5-8(7-9)11(12,13)14/h4-7H,3H2,1-2H3,(H,15,17). The average Bonchev–Trinajstić information content (AvgIpc) is 2.28. The minimum absolute atomic E-state index is 0.123. The monoisotopic (exact) mass is 278 g/mol. The molecule has 1 N–H and O–H groups in total. The maximum atomic E-state index is 12.5. The fourth-order valence-corrected chi connectivity index (χ4v) is 1.78. The number of halogens is 3. The molecule has 1 aromatic rings. The summed E-state index contributed by atoms with van der Waals surface area (Å²) in [5.74, 6) is 0.701. The minimum atomic E-state index is -4.41. The summed E-state index contributed by atoms with van der Waals surface area (Å²) in [6, 6.07) is 4.08. The Kier molecular flexibility index (Phi) is 4.89. The molecule has 1 aromatic carbocycles. The largest absolute Gasteiger partial charge is 0.416 e. The first-order valence-corrected chi connectivity index (χ1v) is 6.13. The molecule has 0 bridgehead atoms. The van der Waals surface area contributed by atoms with Crippen LogP contribution in [0.2, 0.25) is 0 Å². The molecule has 0 aromatic heterocycles. The number of amides is 2. The van der Waals surface area contributed by atoms with Gasteiger partial charge >= 0.3 is 12.2 Å². The SMILES string of the molecule is CCSN(C)C(=O)Nc1cccc(C(F)(F)F)c1. The molecule has 3 nitrogen and oxygen atoms in total. The van der Waals surface area contributed by atoms with E-state index in [-0.39, 0.29) is 5.69 Å². The summed E-state index contributed by atoms with van der Waals surface area (Å²) in [4.78, 5) is 11.6. The fraction of sp³-hybridized carbons (Fsp3) is 0.364. The fourth-order valence-electron chi connectivity index (χ4n) is 1.23. The Hall–Kier alpha value is -1.37. The van der Waals surface area contributed by atoms with Crippen LogP contribution in [0, 0.1) is 0 Å². The third-order valence-electron chi connectivity index (χ3n) is 2.05. The zero-order chi connectivity index (χ0) is 13.8. The van der Waals surface area contributed by atoms with Crippen LogP contribution in [0.4, 0.5) is 23.7 Å². The van der Waals surface area contributed by atoms with Gasteiger partial charge in [0.05, 0.1) is 5.56 Å². The third kappa shape index (κ3) is 4.14. The van der Waals surface area contributed by atoms with Gasteiger partial charge in [-0.25, -0.2) is 4.79 Å². The summed E-state index contributed by atoms with van der Waals surface area (Å²) in [7, 11) is 1.55. The van der Waals surface area contributed by atoms with Crippen molar-refractivity contribution in [2.75, 3.05) is 18.1 Å². The van der Waals surface area contributed by atoms with E-state index in [1.54, 1.807) is 7.05 Å². The minimum Gasteiger partial charge on any atom is -0.307 e. The van der Waals surface area contributed by atoms with Crippen molar-refractivity contribution in [3.05, 3.63) is 29.8 Å². The lowest BCUT2D eigenvalue weighted by atomic mass is 10.2. The van der Waals surface area contributed by atoms with E-state index in [0.29, 0.717) is 5.75 Å². The summed E-state index contributed by atoms with van der Waals surface area (Å²) < 4.78 is 38.7. The second kappa shape index (κ2) is 5.99. The van der Waals surface area contributed by atoms with Crippen molar-refractivity contribution in [3.63, 3.8) is 0 Å². The van der Waals surface area contributed by atoms with Gasteiger partial charge in [-0.05, 0) is 30.1 Å². The van der Waals surface area contributed by atoms with E-state index >= 15 is 0 Å². The van der Waals surface area contributed by atoms with E-state index in [2.05, 4.69) is 5.32 Å². The zero-order valence-corrected chi connectivity index (χ0v) is 10.7. The predicted octanol–water partition coefficient (Wildman–Crippen LogP) is 3.84. The smallest absolute Gasteiger partial charge is 0.307 e. The average molecular weight is 278 g/mol. The van der Waals surface area contributed by atoms with E-state index in [1.165, 1.54) is 28.4 Å². The highest BCUT2D eigenvalue weighted by Gasteiger charge is 2.30. The van der Waals surface area contributed by atoms with Crippen LogP contribution in [0.15, 0.2) is 24.3 Å². The van der Waals surface area contributed by atoms with E-state index in [9.17, 15) is 18.0 Å². The molecule has 0 aliphatic carbocycles. The first-order chi connectivity index (χ1) is 8.34. The van der Waals surface area contributed by atoms with Crippen LogP contribution in [0.25, 0.3) is 0 Å². The summed E-state index contributed by atoms with van der Waals surface area (Å²) in [6.07, 6.45) is -4.41. The molecule has 0 saturated heterocycles. The van der Waals surface area contributed by atoms with Gasteiger partial charge in [0.25, 0.3) is 0 Å². The molecule has 100 valence electrons. The second-order valence-electron chi connectivity index (χ2n) is 3.42. The van der Waals surface area contributed by atoms with E-state index < -0.39 is 17.8 Å². The zero-order valence-electron chi connectivity index (χ0n) is 9.91. The van der Waals surface area contributed by atoms with Crippen molar-refractivity contribution in [2.45, 2.75) is 13.1 Å². The molecule has 0 aliphatic heterocycles. The van der Waals surface area contributed by atoms with Crippen LogP contribution in [0.5, 0.6) is 0 Å². The molecule has 2 amide bonds. The van der Waals surface area contributed by atoms with Crippen molar-refractivity contribution in [2.24, 2.45) is 0 Å². The van der Waals surface area contributed by atoms with Gasteiger partial charge in [-0.2, -0.15) is 13.2 Å². The summed E-state index contributed by atoms with van der Waals surface area (Å²) in [5, 5.41) is 2.41. The number of benzene rings is 1. The Morgan fingerprint density at radius 3 is 2.67 bits per heavy atom. The Labute approximate surface area is 107 Å². The number of nitrogens with zero attached hydrogens (tertiary/aromatic N) is 1. The van der Waals surface area contributed by atoms with Crippen molar-refractivity contribution >= 4 is 23.7 Å². The molecule has 0 spiro atoms. The summed E-state index contributed by atoms with van der Waals surface area (Å²) in [6.45, 7) is 1.87. The molecular formula is C11H13F3N2OS. The van der Waals surface area contributed by atoms with E-state index in [4.69, 9.17) is 0 Å². The van der Waals surface area contributed by atoms with Crippen LogP contribution < -0.4 is 5.32 Å². The number of carbonyl (C=O) groups is 1. The molecule has 0 saturated carbocycles. The van der Waals surface area contributed by atoms with Gasteiger partial charge in [0, 0.05) is 18.5 Å². The second-order valence-corrected chi connectivity index (χ2v) is 4.81. The molecule has 1 rings (SSSR count). The number of carbonyl (C=O) groups excluding carboxylic acids is 1. The lowest BCUT2D eigenvalue weighted by Gasteiger charge is -2.16. The highest BCUT2D eigenvalue weighted by atomic mass is 32.2. The maximum absolute atomic E-state index is 12.5. The van der Waals surface area contributed by atoms with Crippen molar-refractivity contribution in [1.82, 2.24) is 4.31 Å². The molecule has 0 heterocycles. The lowest BCUT2D eigenvalue weighted by Crippen LogP contribution is -2.25. The Bertz CT molecular complexity index is 423. The topological polar surface area (TPSA) is 32.3 Å². The molecule has 0 radical (unpaired) electrons. The summed E-state index contributed by atoms with van der Waals surface area (Å²) in [5.41, 5.74) is -0.663. The summed E-state index contributed by atoms with van der Waals surface area (Å²) >= 11 is 1.27. The number of hydrogen-bond acceptors (Lipinski definition) is 2. The van der Waals surface area contributed by atoms with E-state index in [1.807, 2.05) is 6.92 Å². The van der Waals surface area contributed by atoms with Gasteiger partial charge in [0.1, 0.15) is 0 Å². The number of alkyl halides is 3. The first kappa shape index (κ1) is 14.7. The Morgan fingerprint density at radius 1 is 1.44 bits per heavy atom. The number of rotatable bonds is 3. The quantitative estimate of drug-likeness (QED) is 0.852. The number of nitrogens with one attached hydrogen (secondary N) is 1. The normalized spacial score (nSPS) is 11.2. The van der Waals surface area contributed by atoms with Crippen LogP contribution in [0.3, 0.4) is 0 Å². The van der Waals surface area contributed by atoms with Gasteiger partial charge in [-0.1, -0.05) is 13.0 Å². The maximum Gasteiger partial charge on any atom is 0.416 e. The van der Waals surface area contributed by atoms with Crippen LogP contribution in [-0.4, -0.2) is 23.1 Å². The van der Waals surface area contributed by atoms with Gasteiger partial charge < -0.3 is 5.32 Å². The number of hydrogen-bond donors (Lipinski definition) is 1. The van der Waals surface area contributed by atoms with Crippen molar-refractivity contribution in [3.8, 4) is 0 Å². The Morgan fingerprint density at radius 2 is 2.11 bits per heavy atom. The van der Waals surface area contributed by atoms with Crippen LogP contribution in [0.1, 0.15) is 12.5 Å². The molecule has 7 heteroatoms. The third-order valence-corrected chi connectivity index (χ3v) is 2.86. The van der Waals surface area contributed by atoms with Crippen molar-refractivity contribution < 1.29 is 18.0 Å². The number of urea groups is 1. The van der Waals surface area contributed by atoms with Gasteiger partial charge in [0.2, 0.25) is 0 Å². The van der Waals surface area contributed by atoms with Gasteiger partial charge in [0.15, 0.2) is 0 Å². The highest BCUT2D eigenvalue weighted by Crippen LogP contribution is 2.30. The van der Waals surface area contributed by atoms with Crippen molar-refractivity contribution in [1.29, 1.82) is 0 Å². The van der Waals surface area contributed by atoms with Crippen LogP contribution in [-0.2, 0) is 6.18 Å². The Balaban J connectivity index is 2.77. The molecule has 0 fully saturated rings. The molecule has 0 unspecified atom stereocenters. The lowest BCUT2D eigenvalue weighted by molar-refractivity contribution is -0.137. The predicted molar refractivity (Wildman–Crippen MR) is 66.4 cm³/mol. The molecular weight excluding hydrogens is 265 g/mol. The molecule has 18 heavy (non-hydrogen) atoms. The molecule has 0 atom stereocenters. The van der Waals surface area contributed by atoms with Gasteiger partial charge in [-0.15, -0.1) is 0 Å². The van der Waals surface area contributed by atoms with Crippen LogP contribution >= 0.6 is 11.9 Å². The molecule has 0 aliphatic rings. The number of anilines is 1. The van der Waals surface area contributed by atoms with E-state index in [0.717, 1.165) is 12.1 Å².